The quantitative estimate of drug-likeness (QED) is 0.379. The van der Waals surface area contributed by atoms with E-state index in [2.05, 4.69) is 15.7 Å². The summed E-state index contributed by atoms with van der Waals surface area (Å²) in [6.45, 7) is 3.42. The molecule has 9 nitrogen and oxygen atoms in total. The van der Waals surface area contributed by atoms with Crippen LogP contribution in [0, 0.1) is 0 Å². The number of rotatable bonds is 8. The fraction of sp³-hybridized carbons (Fsp3) is 0.250. The van der Waals surface area contributed by atoms with Gasteiger partial charge in [0, 0.05) is 5.56 Å². The van der Waals surface area contributed by atoms with Crippen molar-refractivity contribution in [3.8, 4) is 22.7 Å². The second kappa shape index (κ2) is 9.60. The van der Waals surface area contributed by atoms with Crippen molar-refractivity contribution in [2.45, 2.75) is 31.0 Å². The van der Waals surface area contributed by atoms with E-state index in [1.54, 1.807) is 27.2 Å². The second-order valence-corrected chi connectivity index (χ2v) is 8.82. The third-order valence-electron chi connectivity index (χ3n) is 5.66. The maximum atomic E-state index is 12.6. The molecule has 2 N–H and O–H groups in total. The van der Waals surface area contributed by atoms with Crippen LogP contribution >= 0.6 is 11.8 Å². The monoisotopic (exact) mass is 479 g/mol. The first-order chi connectivity index (χ1) is 16.4. The molecule has 2 heterocycles. The van der Waals surface area contributed by atoms with Gasteiger partial charge in [-0.1, -0.05) is 61.2 Å². The maximum Gasteiger partial charge on any atom is 0.344 e. The lowest BCUT2D eigenvalue weighted by molar-refractivity contribution is -0.137. The Labute approximate surface area is 201 Å². The highest BCUT2D eigenvalue weighted by Crippen LogP contribution is 2.33. The summed E-state index contributed by atoms with van der Waals surface area (Å²) in [5.41, 5.74) is 3.95. The van der Waals surface area contributed by atoms with Crippen LogP contribution in [0.25, 0.3) is 16.9 Å². The van der Waals surface area contributed by atoms with Gasteiger partial charge in [0.25, 0.3) is 5.91 Å². The van der Waals surface area contributed by atoms with E-state index in [0.717, 1.165) is 22.0 Å². The van der Waals surface area contributed by atoms with Crippen LogP contribution in [0.5, 0.6) is 5.75 Å². The van der Waals surface area contributed by atoms with E-state index in [9.17, 15) is 14.4 Å². The first kappa shape index (κ1) is 23.4. The molecule has 0 aliphatic carbocycles. The van der Waals surface area contributed by atoms with Gasteiger partial charge in [0.2, 0.25) is 5.91 Å². The van der Waals surface area contributed by atoms with Gasteiger partial charge in [0.1, 0.15) is 11.3 Å². The number of amides is 4. The highest BCUT2D eigenvalue weighted by molar-refractivity contribution is 7.99. The van der Waals surface area contributed by atoms with Crippen molar-refractivity contribution in [3.05, 3.63) is 60.8 Å². The molecule has 176 valence electrons. The van der Waals surface area contributed by atoms with Crippen molar-refractivity contribution >= 4 is 29.6 Å². The van der Waals surface area contributed by atoms with E-state index in [1.807, 2.05) is 59.2 Å². The van der Waals surface area contributed by atoms with Gasteiger partial charge < -0.3 is 10.1 Å². The summed E-state index contributed by atoms with van der Waals surface area (Å²) in [4.78, 5) is 41.9. The summed E-state index contributed by atoms with van der Waals surface area (Å²) in [5.74, 6) is -0.382. The Morgan fingerprint density at radius 1 is 1.15 bits per heavy atom. The standard InChI is InChI=1S/C24H25N5O4S/c1-4-24(2)21(31)29(22(32)26-24)27-20(30)15-34-23-25-14-18(16-10-6-5-7-11-16)28(23)17-12-8-9-13-19(17)33-3/h5-14H,4,15H2,1-3H3,(H,26,32)(H,27,30)/t24-/m1/s1. The number of urea groups is 1. The van der Waals surface area contributed by atoms with E-state index in [1.165, 1.54) is 11.8 Å². The molecule has 1 fully saturated rings. The second-order valence-electron chi connectivity index (χ2n) is 7.88. The van der Waals surface area contributed by atoms with Crippen molar-refractivity contribution in [1.82, 2.24) is 25.3 Å². The van der Waals surface area contributed by atoms with Gasteiger partial charge in [-0.3, -0.25) is 19.6 Å². The summed E-state index contributed by atoms with van der Waals surface area (Å²) >= 11 is 1.19. The van der Waals surface area contributed by atoms with E-state index >= 15 is 0 Å². The number of nitrogens with zero attached hydrogens (tertiary/aromatic N) is 3. The number of carbonyl (C=O) groups is 3. The van der Waals surface area contributed by atoms with E-state index in [4.69, 9.17) is 4.74 Å². The Morgan fingerprint density at radius 2 is 1.85 bits per heavy atom. The number of imide groups is 1. The van der Waals surface area contributed by atoms with Gasteiger partial charge in [-0.2, -0.15) is 5.01 Å². The predicted molar refractivity (Wildman–Crippen MR) is 128 cm³/mol. The SMILES string of the molecule is CC[C@@]1(C)NC(=O)N(NC(=O)CSc2ncc(-c3ccccc3)n2-c2ccccc2OC)C1=O. The molecule has 4 amide bonds. The van der Waals surface area contributed by atoms with Crippen LogP contribution in [0.2, 0.25) is 0 Å². The van der Waals surface area contributed by atoms with Gasteiger partial charge in [-0.25, -0.2) is 9.78 Å². The van der Waals surface area contributed by atoms with Crippen LogP contribution in [0.15, 0.2) is 66.0 Å². The maximum absolute atomic E-state index is 12.6. The van der Waals surface area contributed by atoms with Crippen LogP contribution in [0.1, 0.15) is 20.3 Å². The molecular formula is C24H25N5O4S. The molecule has 1 aliphatic heterocycles. The highest BCUT2D eigenvalue weighted by Gasteiger charge is 2.47. The van der Waals surface area contributed by atoms with Crippen molar-refractivity contribution in [3.63, 3.8) is 0 Å². The first-order valence-corrected chi connectivity index (χ1v) is 11.7. The van der Waals surface area contributed by atoms with Crippen LogP contribution in [-0.4, -0.2) is 50.8 Å². The lowest BCUT2D eigenvalue weighted by Crippen LogP contribution is -2.49. The van der Waals surface area contributed by atoms with Gasteiger partial charge in [0.05, 0.1) is 30.4 Å². The molecule has 0 unspecified atom stereocenters. The number of carbonyl (C=O) groups excluding carboxylic acids is 3. The Bertz CT molecular complexity index is 1230. The summed E-state index contributed by atoms with van der Waals surface area (Å²) in [7, 11) is 1.60. The number of aromatic nitrogens is 2. The van der Waals surface area contributed by atoms with Gasteiger partial charge in [-0.05, 0) is 25.5 Å². The van der Waals surface area contributed by atoms with Crippen LogP contribution in [0.4, 0.5) is 4.79 Å². The van der Waals surface area contributed by atoms with E-state index < -0.39 is 23.4 Å². The lowest BCUT2D eigenvalue weighted by atomic mass is 10.00. The summed E-state index contributed by atoms with van der Waals surface area (Å²) in [5, 5.41) is 3.92. The number of hydrazine groups is 1. The molecule has 10 heteroatoms. The van der Waals surface area contributed by atoms with Crippen molar-refractivity contribution in [1.29, 1.82) is 0 Å². The molecular weight excluding hydrogens is 454 g/mol. The molecule has 34 heavy (non-hydrogen) atoms. The van der Waals surface area contributed by atoms with Crippen molar-refractivity contribution in [2.75, 3.05) is 12.9 Å². The Kier molecular flexibility index (Phi) is 6.60. The molecule has 1 atom stereocenters. The number of hydrogen-bond donors (Lipinski definition) is 2. The molecule has 1 aromatic heterocycles. The number of para-hydroxylation sites is 2. The zero-order valence-corrected chi connectivity index (χ0v) is 19.9. The largest absolute Gasteiger partial charge is 0.495 e. The average molecular weight is 480 g/mol. The molecule has 1 aliphatic rings. The zero-order valence-electron chi connectivity index (χ0n) is 19.1. The van der Waals surface area contributed by atoms with Crippen LogP contribution < -0.4 is 15.5 Å². The third-order valence-corrected chi connectivity index (χ3v) is 6.61. The Balaban J connectivity index is 1.58. The number of nitrogens with one attached hydrogen (secondary N) is 2. The van der Waals surface area contributed by atoms with Crippen molar-refractivity contribution < 1.29 is 19.1 Å². The summed E-state index contributed by atoms with van der Waals surface area (Å²) < 4.78 is 7.48. The smallest absolute Gasteiger partial charge is 0.344 e. The summed E-state index contributed by atoms with van der Waals surface area (Å²) in [6, 6.07) is 16.7. The Hall–Kier alpha value is -3.79. The number of ether oxygens (including phenoxy) is 1. The van der Waals surface area contributed by atoms with Gasteiger partial charge in [0.15, 0.2) is 5.16 Å². The van der Waals surface area contributed by atoms with Crippen LogP contribution in [-0.2, 0) is 9.59 Å². The van der Waals surface area contributed by atoms with Crippen molar-refractivity contribution in [2.24, 2.45) is 0 Å². The molecule has 0 spiro atoms. The van der Waals surface area contributed by atoms with E-state index in [-0.39, 0.29) is 5.75 Å². The minimum Gasteiger partial charge on any atom is -0.495 e. The zero-order chi connectivity index (χ0) is 24.3. The number of hydrogen-bond acceptors (Lipinski definition) is 6. The molecule has 0 saturated carbocycles. The van der Waals surface area contributed by atoms with Gasteiger partial charge >= 0.3 is 6.03 Å². The van der Waals surface area contributed by atoms with Crippen LogP contribution in [0.3, 0.4) is 0 Å². The number of imidazole rings is 1. The van der Waals surface area contributed by atoms with E-state index in [0.29, 0.717) is 17.3 Å². The predicted octanol–water partition coefficient (Wildman–Crippen LogP) is 3.39. The number of methoxy groups -OCH3 is 1. The highest BCUT2D eigenvalue weighted by atomic mass is 32.2. The topological polar surface area (TPSA) is 106 Å². The fourth-order valence-electron chi connectivity index (χ4n) is 3.61. The lowest BCUT2D eigenvalue weighted by Gasteiger charge is -2.19. The summed E-state index contributed by atoms with van der Waals surface area (Å²) in [6.07, 6.45) is 2.16. The Morgan fingerprint density at radius 3 is 2.53 bits per heavy atom. The normalized spacial score (nSPS) is 17.6. The number of thioether (sulfide) groups is 1. The number of benzene rings is 2. The molecule has 4 rings (SSSR count). The fourth-order valence-corrected chi connectivity index (χ4v) is 4.39. The minimum atomic E-state index is -1.03. The van der Waals surface area contributed by atoms with Gasteiger partial charge in [-0.15, -0.1) is 0 Å². The molecule has 3 aromatic rings. The molecule has 1 saturated heterocycles. The average Bonchev–Trinajstić information content (AvgIpc) is 3.37. The minimum absolute atomic E-state index is 0.0553. The first-order valence-electron chi connectivity index (χ1n) is 10.7. The molecule has 0 radical (unpaired) electrons. The third kappa shape index (κ3) is 4.36. The molecule has 0 bridgehead atoms. The molecule has 2 aromatic carbocycles.